The van der Waals surface area contributed by atoms with Gasteiger partial charge in [-0.1, -0.05) is 32.4 Å². The molecule has 0 saturated heterocycles. The first-order valence-corrected chi connectivity index (χ1v) is 11.1. The van der Waals surface area contributed by atoms with Crippen molar-refractivity contribution in [2.24, 2.45) is 0 Å². The van der Waals surface area contributed by atoms with Gasteiger partial charge in [-0.15, -0.1) is 11.3 Å². The zero-order valence-corrected chi connectivity index (χ0v) is 18.6. The Morgan fingerprint density at radius 1 is 1.30 bits per heavy atom. The van der Waals surface area contributed by atoms with Crippen molar-refractivity contribution in [3.63, 3.8) is 0 Å². The first-order chi connectivity index (χ1) is 12.3. The van der Waals surface area contributed by atoms with Gasteiger partial charge in [0.1, 0.15) is 0 Å². The van der Waals surface area contributed by atoms with Crippen LogP contribution in [-0.2, 0) is 15.4 Å². The number of nitrogens with one attached hydrogen (secondary N) is 1. The number of rotatable bonds is 5. The molecule has 148 valence electrons. The monoisotopic (exact) mass is 429 g/mol. The van der Waals surface area contributed by atoms with Crippen molar-refractivity contribution in [3.8, 4) is 0 Å². The summed E-state index contributed by atoms with van der Waals surface area (Å²) in [6, 6.07) is 3.90. The third-order valence-corrected chi connectivity index (χ3v) is 7.20. The van der Waals surface area contributed by atoms with Gasteiger partial charge in [0, 0.05) is 23.9 Å². The van der Waals surface area contributed by atoms with Crippen LogP contribution in [0.4, 0.5) is 5.13 Å². The quantitative estimate of drug-likeness (QED) is 0.765. The third-order valence-electron chi connectivity index (χ3n) is 4.08. The van der Waals surface area contributed by atoms with Crippen molar-refractivity contribution >= 4 is 44.0 Å². The van der Waals surface area contributed by atoms with E-state index in [1.807, 2.05) is 26.2 Å². The van der Waals surface area contributed by atoms with Gasteiger partial charge in [-0.05, 0) is 32.0 Å². The molecule has 1 amide bonds. The minimum atomic E-state index is -3.72. The molecule has 0 radical (unpaired) electrons. The van der Waals surface area contributed by atoms with E-state index < -0.39 is 15.9 Å². The summed E-state index contributed by atoms with van der Waals surface area (Å²) in [5, 5.41) is 5.19. The van der Waals surface area contributed by atoms with E-state index in [0.29, 0.717) is 5.13 Å². The zero-order chi connectivity index (χ0) is 20.6. The number of hydrogen-bond donors (Lipinski definition) is 1. The van der Waals surface area contributed by atoms with Crippen molar-refractivity contribution in [1.29, 1.82) is 0 Å². The lowest BCUT2D eigenvalue weighted by Gasteiger charge is -2.21. The summed E-state index contributed by atoms with van der Waals surface area (Å²) in [7, 11) is -2.22. The summed E-state index contributed by atoms with van der Waals surface area (Å²) in [6.07, 6.45) is 0. The summed E-state index contributed by atoms with van der Waals surface area (Å²) >= 11 is 7.45. The Kier molecular flexibility index (Phi) is 6.36. The minimum Gasteiger partial charge on any atom is -0.298 e. The maximum Gasteiger partial charge on any atom is 0.259 e. The molecule has 1 heterocycles. The van der Waals surface area contributed by atoms with Crippen molar-refractivity contribution in [2.75, 3.05) is 12.4 Å². The highest BCUT2D eigenvalue weighted by atomic mass is 35.5. The SMILES string of the molecule is CC(C)N(C)S(=O)(=O)c1ccc(Cl)c(C(=O)Nc2nc(C(C)(C)C)cs2)c1. The van der Waals surface area contributed by atoms with Crippen LogP contribution in [-0.4, -0.2) is 36.7 Å². The molecule has 1 N–H and O–H groups in total. The average molecular weight is 430 g/mol. The van der Waals surface area contributed by atoms with Crippen LogP contribution in [0, 0.1) is 0 Å². The fourth-order valence-corrected chi connectivity index (χ4v) is 4.65. The van der Waals surface area contributed by atoms with E-state index in [1.54, 1.807) is 13.8 Å². The molecule has 0 saturated carbocycles. The van der Waals surface area contributed by atoms with Crippen LogP contribution in [0.25, 0.3) is 0 Å². The van der Waals surface area contributed by atoms with Crippen LogP contribution >= 0.6 is 22.9 Å². The van der Waals surface area contributed by atoms with Crippen molar-refractivity contribution < 1.29 is 13.2 Å². The first kappa shape index (κ1) is 21.8. The minimum absolute atomic E-state index is 0.0165. The number of nitrogens with zero attached hydrogens (tertiary/aromatic N) is 2. The maximum atomic E-state index is 12.7. The molecule has 0 aliphatic heterocycles. The Bertz CT molecular complexity index is 947. The van der Waals surface area contributed by atoms with Gasteiger partial charge in [0.15, 0.2) is 5.13 Å². The summed E-state index contributed by atoms with van der Waals surface area (Å²) in [5.74, 6) is -0.501. The first-order valence-electron chi connectivity index (χ1n) is 8.39. The summed E-state index contributed by atoms with van der Waals surface area (Å²) in [6.45, 7) is 9.64. The number of thiazole rings is 1. The highest BCUT2D eigenvalue weighted by Crippen LogP contribution is 2.28. The third kappa shape index (κ3) is 4.87. The number of aromatic nitrogens is 1. The molecule has 2 aromatic rings. The fourth-order valence-electron chi connectivity index (χ4n) is 2.12. The van der Waals surface area contributed by atoms with Crippen molar-refractivity contribution in [3.05, 3.63) is 39.9 Å². The Hall–Kier alpha value is -1.48. The topological polar surface area (TPSA) is 79.4 Å². The van der Waals surface area contributed by atoms with Gasteiger partial charge in [-0.2, -0.15) is 4.31 Å². The van der Waals surface area contributed by atoms with Crippen LogP contribution in [0.1, 0.15) is 50.7 Å². The second-order valence-electron chi connectivity index (χ2n) is 7.50. The van der Waals surface area contributed by atoms with Gasteiger partial charge in [-0.25, -0.2) is 13.4 Å². The number of anilines is 1. The molecule has 0 spiro atoms. The summed E-state index contributed by atoms with van der Waals surface area (Å²) < 4.78 is 26.6. The average Bonchev–Trinajstić information content (AvgIpc) is 3.02. The van der Waals surface area contributed by atoms with E-state index in [9.17, 15) is 13.2 Å². The fraction of sp³-hybridized carbons (Fsp3) is 0.444. The van der Waals surface area contributed by atoms with Crippen LogP contribution in [0.3, 0.4) is 0 Å². The Labute approximate surface area is 169 Å². The number of sulfonamides is 1. The van der Waals surface area contributed by atoms with E-state index in [-0.39, 0.29) is 26.9 Å². The molecule has 6 nitrogen and oxygen atoms in total. The van der Waals surface area contributed by atoms with Crippen molar-refractivity contribution in [1.82, 2.24) is 9.29 Å². The molecule has 0 unspecified atom stereocenters. The van der Waals surface area contributed by atoms with Gasteiger partial charge in [0.2, 0.25) is 10.0 Å². The second-order valence-corrected chi connectivity index (χ2v) is 10.8. The summed E-state index contributed by atoms with van der Waals surface area (Å²) in [4.78, 5) is 17.1. The van der Waals surface area contributed by atoms with E-state index in [1.165, 1.54) is 40.9 Å². The molecule has 1 aromatic carbocycles. The van der Waals surface area contributed by atoms with E-state index in [2.05, 4.69) is 10.3 Å². The van der Waals surface area contributed by atoms with Gasteiger partial charge < -0.3 is 0 Å². The molecule has 2 rings (SSSR count). The van der Waals surface area contributed by atoms with Gasteiger partial charge in [0.05, 0.1) is 21.2 Å². The van der Waals surface area contributed by atoms with Crippen LogP contribution in [0.2, 0.25) is 5.02 Å². The van der Waals surface area contributed by atoms with Gasteiger partial charge >= 0.3 is 0 Å². The molecular weight excluding hydrogens is 406 g/mol. The number of halogens is 1. The molecule has 1 aromatic heterocycles. The zero-order valence-electron chi connectivity index (χ0n) is 16.2. The molecule has 9 heteroatoms. The lowest BCUT2D eigenvalue weighted by Crippen LogP contribution is -2.33. The number of carbonyl (C=O) groups excluding carboxylic acids is 1. The van der Waals surface area contributed by atoms with E-state index in [0.717, 1.165) is 5.69 Å². The molecule has 0 fully saturated rings. The van der Waals surface area contributed by atoms with E-state index >= 15 is 0 Å². The molecule has 27 heavy (non-hydrogen) atoms. The number of hydrogen-bond acceptors (Lipinski definition) is 5. The van der Waals surface area contributed by atoms with E-state index in [4.69, 9.17) is 11.6 Å². The largest absolute Gasteiger partial charge is 0.298 e. The van der Waals surface area contributed by atoms with Crippen LogP contribution < -0.4 is 5.32 Å². The molecular formula is C18H24ClN3O3S2. The van der Waals surface area contributed by atoms with Crippen LogP contribution in [0.15, 0.2) is 28.5 Å². The molecule has 0 aliphatic carbocycles. The Balaban J connectivity index is 2.33. The Morgan fingerprint density at radius 3 is 2.44 bits per heavy atom. The normalized spacial score (nSPS) is 12.6. The maximum absolute atomic E-state index is 12.7. The lowest BCUT2D eigenvalue weighted by atomic mass is 9.93. The molecule has 0 bridgehead atoms. The predicted octanol–water partition coefficient (Wildman–Crippen LogP) is 4.38. The Morgan fingerprint density at radius 2 is 1.93 bits per heavy atom. The smallest absolute Gasteiger partial charge is 0.259 e. The van der Waals surface area contributed by atoms with Gasteiger partial charge in [-0.3, -0.25) is 10.1 Å². The highest BCUT2D eigenvalue weighted by molar-refractivity contribution is 7.89. The number of benzene rings is 1. The lowest BCUT2D eigenvalue weighted by molar-refractivity contribution is 0.102. The highest BCUT2D eigenvalue weighted by Gasteiger charge is 2.25. The standard InChI is InChI=1S/C18H24ClN3O3S2/c1-11(2)22(6)27(24,25)12-7-8-14(19)13(9-12)16(23)21-17-20-15(10-26-17)18(3,4)5/h7-11H,1-6H3,(H,20,21,23). The van der Waals surface area contributed by atoms with Crippen molar-refractivity contribution in [2.45, 2.75) is 51.0 Å². The van der Waals surface area contributed by atoms with Crippen LogP contribution in [0.5, 0.6) is 0 Å². The number of amides is 1. The second kappa shape index (κ2) is 7.87. The van der Waals surface area contributed by atoms with Gasteiger partial charge in [0.25, 0.3) is 5.91 Å². The summed E-state index contributed by atoms with van der Waals surface area (Å²) in [5.41, 5.74) is 0.818. The number of carbonyl (C=O) groups is 1. The molecule has 0 aliphatic rings. The molecule has 0 atom stereocenters. The predicted molar refractivity (Wildman–Crippen MR) is 110 cm³/mol.